The summed E-state index contributed by atoms with van der Waals surface area (Å²) >= 11 is 5.90. The van der Waals surface area contributed by atoms with Crippen molar-refractivity contribution >= 4 is 17.4 Å². The van der Waals surface area contributed by atoms with E-state index in [1.54, 1.807) is 25.1 Å². The van der Waals surface area contributed by atoms with Gasteiger partial charge in [-0.25, -0.2) is 4.98 Å². The van der Waals surface area contributed by atoms with Crippen molar-refractivity contribution in [1.29, 1.82) is 0 Å². The molecule has 0 fully saturated rings. The van der Waals surface area contributed by atoms with Gasteiger partial charge in [-0.15, -0.1) is 0 Å². The Morgan fingerprint density at radius 2 is 1.95 bits per heavy atom. The van der Waals surface area contributed by atoms with E-state index < -0.39 is 12.0 Å². The normalized spacial score (nSPS) is 11.3. The van der Waals surface area contributed by atoms with Crippen LogP contribution < -0.4 is 10.1 Å². The van der Waals surface area contributed by atoms with Gasteiger partial charge in [-0.1, -0.05) is 23.7 Å². The Bertz CT molecular complexity index is 634. The van der Waals surface area contributed by atoms with Crippen molar-refractivity contribution < 1.29 is 17.9 Å². The van der Waals surface area contributed by atoms with Crippen molar-refractivity contribution in [2.75, 3.05) is 11.9 Å². The van der Waals surface area contributed by atoms with E-state index in [-0.39, 0.29) is 22.5 Å². The molecule has 1 heterocycles. The van der Waals surface area contributed by atoms with E-state index in [0.717, 1.165) is 0 Å². The molecule has 2 rings (SSSR count). The first kappa shape index (κ1) is 15.4. The summed E-state index contributed by atoms with van der Waals surface area (Å²) in [6.45, 7) is 2.16. The number of para-hydroxylation sites is 1. The summed E-state index contributed by atoms with van der Waals surface area (Å²) in [6, 6.07) is 7.71. The standard InChI is InChI=1S/C13H11ClF3N3O/c1-2-18-10-7-11(20-12(19-10)13(15,16)17)21-9-6-4-3-5-8(9)14/h3-7H,2H2,1H3,(H,18,19,20). The molecule has 0 bridgehead atoms. The van der Waals surface area contributed by atoms with Crippen LogP contribution in [0.2, 0.25) is 5.02 Å². The first-order valence-corrected chi connectivity index (χ1v) is 6.40. The molecule has 0 aliphatic rings. The van der Waals surface area contributed by atoms with Crippen LogP contribution in [0.15, 0.2) is 30.3 Å². The second kappa shape index (κ2) is 6.17. The van der Waals surface area contributed by atoms with Crippen molar-refractivity contribution in [3.63, 3.8) is 0 Å². The molecule has 0 aliphatic carbocycles. The highest BCUT2D eigenvalue weighted by atomic mass is 35.5. The van der Waals surface area contributed by atoms with Crippen LogP contribution >= 0.6 is 11.6 Å². The Balaban J connectivity index is 2.38. The molecular weight excluding hydrogens is 307 g/mol. The van der Waals surface area contributed by atoms with Crippen molar-refractivity contribution in [3.05, 3.63) is 41.2 Å². The SMILES string of the molecule is CCNc1cc(Oc2ccccc2Cl)nc(C(F)(F)F)n1. The van der Waals surface area contributed by atoms with Gasteiger partial charge in [0, 0.05) is 12.6 Å². The van der Waals surface area contributed by atoms with Gasteiger partial charge in [-0.2, -0.15) is 18.2 Å². The third-order valence-corrected chi connectivity index (χ3v) is 2.68. The van der Waals surface area contributed by atoms with Gasteiger partial charge in [-0.05, 0) is 19.1 Å². The van der Waals surface area contributed by atoms with E-state index in [4.69, 9.17) is 16.3 Å². The zero-order valence-corrected chi connectivity index (χ0v) is 11.7. The molecule has 0 saturated heterocycles. The van der Waals surface area contributed by atoms with Gasteiger partial charge in [0.25, 0.3) is 0 Å². The van der Waals surface area contributed by atoms with Crippen LogP contribution in [-0.2, 0) is 6.18 Å². The molecule has 8 heteroatoms. The van der Waals surface area contributed by atoms with E-state index >= 15 is 0 Å². The third kappa shape index (κ3) is 3.98. The van der Waals surface area contributed by atoms with Crippen LogP contribution in [0, 0.1) is 0 Å². The van der Waals surface area contributed by atoms with E-state index in [2.05, 4.69) is 15.3 Å². The molecule has 1 N–H and O–H groups in total. The summed E-state index contributed by atoms with van der Waals surface area (Å²) < 4.78 is 43.6. The molecule has 0 amide bonds. The fourth-order valence-corrected chi connectivity index (χ4v) is 1.69. The molecule has 0 saturated carbocycles. The van der Waals surface area contributed by atoms with Crippen LogP contribution in [-0.4, -0.2) is 16.5 Å². The fourth-order valence-electron chi connectivity index (χ4n) is 1.52. The number of ether oxygens (including phenoxy) is 1. The molecule has 0 aliphatic heterocycles. The summed E-state index contributed by atoms with van der Waals surface area (Å²) in [5, 5.41) is 2.97. The molecule has 4 nitrogen and oxygen atoms in total. The van der Waals surface area contributed by atoms with E-state index in [1.807, 2.05) is 0 Å². The van der Waals surface area contributed by atoms with Crippen molar-refractivity contribution in [2.45, 2.75) is 13.1 Å². The topological polar surface area (TPSA) is 47.0 Å². The summed E-state index contributed by atoms with van der Waals surface area (Å²) in [4.78, 5) is 6.76. The highest BCUT2D eigenvalue weighted by Gasteiger charge is 2.35. The van der Waals surface area contributed by atoms with Gasteiger partial charge in [0.05, 0.1) is 5.02 Å². The number of aromatic nitrogens is 2. The summed E-state index contributed by atoms with van der Waals surface area (Å²) in [6.07, 6.45) is -4.66. The van der Waals surface area contributed by atoms with Gasteiger partial charge >= 0.3 is 6.18 Å². The van der Waals surface area contributed by atoms with Crippen LogP contribution in [0.4, 0.5) is 19.0 Å². The molecular formula is C13H11ClF3N3O. The smallest absolute Gasteiger partial charge is 0.437 e. The highest BCUT2D eigenvalue weighted by molar-refractivity contribution is 6.32. The molecule has 0 spiro atoms. The Hall–Kier alpha value is -2.02. The van der Waals surface area contributed by atoms with Crippen LogP contribution in [0.1, 0.15) is 12.7 Å². The summed E-state index contributed by atoms with van der Waals surface area (Å²) in [7, 11) is 0. The molecule has 1 aromatic heterocycles. The maximum Gasteiger partial charge on any atom is 0.451 e. The predicted octanol–water partition coefficient (Wildman–Crippen LogP) is 4.37. The minimum atomic E-state index is -4.66. The van der Waals surface area contributed by atoms with Crippen LogP contribution in [0.25, 0.3) is 0 Å². The van der Waals surface area contributed by atoms with Gasteiger partial charge < -0.3 is 10.1 Å². The number of anilines is 1. The number of rotatable bonds is 4. The maximum atomic E-state index is 12.8. The maximum absolute atomic E-state index is 12.8. The van der Waals surface area contributed by atoms with E-state index in [1.165, 1.54) is 12.1 Å². The lowest BCUT2D eigenvalue weighted by atomic mass is 10.3. The number of alkyl halides is 3. The first-order chi connectivity index (χ1) is 9.90. The third-order valence-electron chi connectivity index (χ3n) is 2.37. The Labute approximate surface area is 123 Å². The second-order valence-corrected chi connectivity index (χ2v) is 4.38. The lowest BCUT2D eigenvalue weighted by molar-refractivity contribution is -0.145. The minimum Gasteiger partial charge on any atom is -0.437 e. The minimum absolute atomic E-state index is 0.0295. The quantitative estimate of drug-likeness (QED) is 0.909. The van der Waals surface area contributed by atoms with E-state index in [0.29, 0.717) is 6.54 Å². The number of nitrogens with zero attached hydrogens (tertiary/aromatic N) is 2. The van der Waals surface area contributed by atoms with Gasteiger partial charge in [0.15, 0.2) is 0 Å². The van der Waals surface area contributed by atoms with Gasteiger partial charge in [0.2, 0.25) is 11.7 Å². The second-order valence-electron chi connectivity index (χ2n) is 3.98. The van der Waals surface area contributed by atoms with Crippen LogP contribution in [0.3, 0.4) is 0 Å². The van der Waals surface area contributed by atoms with E-state index in [9.17, 15) is 13.2 Å². The van der Waals surface area contributed by atoms with Gasteiger partial charge in [-0.3, -0.25) is 0 Å². The average molecular weight is 318 g/mol. The zero-order chi connectivity index (χ0) is 15.5. The number of halogens is 4. The molecule has 0 atom stereocenters. The number of benzene rings is 1. The van der Waals surface area contributed by atoms with Crippen LogP contribution in [0.5, 0.6) is 11.6 Å². The number of hydrogen-bond acceptors (Lipinski definition) is 4. The first-order valence-electron chi connectivity index (χ1n) is 6.02. The Morgan fingerprint density at radius 1 is 1.24 bits per heavy atom. The molecule has 0 unspecified atom stereocenters. The van der Waals surface area contributed by atoms with Crippen molar-refractivity contribution in [1.82, 2.24) is 9.97 Å². The van der Waals surface area contributed by atoms with Crippen molar-refractivity contribution in [2.24, 2.45) is 0 Å². The van der Waals surface area contributed by atoms with Crippen molar-refractivity contribution in [3.8, 4) is 11.6 Å². The molecule has 0 radical (unpaired) electrons. The lowest BCUT2D eigenvalue weighted by Gasteiger charge is -2.12. The largest absolute Gasteiger partial charge is 0.451 e. The highest BCUT2D eigenvalue weighted by Crippen LogP contribution is 2.32. The molecule has 2 aromatic rings. The zero-order valence-electron chi connectivity index (χ0n) is 10.9. The average Bonchev–Trinajstić information content (AvgIpc) is 2.41. The Morgan fingerprint density at radius 3 is 2.57 bits per heavy atom. The Kier molecular flexibility index (Phi) is 4.52. The number of nitrogens with one attached hydrogen (secondary N) is 1. The predicted molar refractivity (Wildman–Crippen MR) is 72.7 cm³/mol. The molecule has 21 heavy (non-hydrogen) atoms. The fraction of sp³-hybridized carbons (Fsp3) is 0.231. The monoisotopic (exact) mass is 317 g/mol. The lowest BCUT2D eigenvalue weighted by Crippen LogP contribution is -2.13. The number of hydrogen-bond donors (Lipinski definition) is 1. The summed E-state index contributed by atoms with van der Waals surface area (Å²) in [5.74, 6) is -1.26. The van der Waals surface area contributed by atoms with Gasteiger partial charge in [0.1, 0.15) is 11.6 Å². The molecule has 1 aromatic carbocycles. The molecule has 112 valence electrons. The summed E-state index contributed by atoms with van der Waals surface area (Å²) in [5.41, 5.74) is 0.